The number of allylic oxidation sites excluding steroid dienone is 1. The Morgan fingerprint density at radius 3 is 1.81 bits per heavy atom. The van der Waals surface area contributed by atoms with Crippen LogP contribution in [-0.2, 0) is 9.53 Å². The average molecular weight is 296 g/mol. The Balaban J connectivity index is 3.12. The van der Waals surface area contributed by atoms with Gasteiger partial charge < -0.3 is 4.74 Å². The Morgan fingerprint density at radius 1 is 0.762 bits per heavy atom. The molecular weight excluding hydrogens is 260 g/mol. The Morgan fingerprint density at radius 2 is 1.29 bits per heavy atom. The van der Waals surface area contributed by atoms with Crippen molar-refractivity contribution in [1.29, 1.82) is 0 Å². The van der Waals surface area contributed by atoms with E-state index in [2.05, 4.69) is 6.92 Å². The minimum atomic E-state index is -0.118. The lowest BCUT2D eigenvalue weighted by atomic mass is 10.1. The van der Waals surface area contributed by atoms with Gasteiger partial charge in [-0.25, -0.2) is 0 Å². The summed E-state index contributed by atoms with van der Waals surface area (Å²) in [5.74, 6) is -0.118. The molecule has 0 aliphatic carbocycles. The van der Waals surface area contributed by atoms with E-state index in [1.54, 1.807) is 6.26 Å². The third-order valence-electron chi connectivity index (χ3n) is 3.72. The highest BCUT2D eigenvalue weighted by molar-refractivity contribution is 5.69. The maximum atomic E-state index is 11.1. The molecule has 0 N–H and O–H groups in total. The molecule has 2 nitrogen and oxygen atoms in total. The number of carbonyl (C=O) groups excluding carboxylic acids is 1. The van der Waals surface area contributed by atoms with Gasteiger partial charge in [-0.3, -0.25) is 4.79 Å². The Labute approximate surface area is 132 Å². The van der Waals surface area contributed by atoms with Gasteiger partial charge in [0.15, 0.2) is 0 Å². The van der Waals surface area contributed by atoms with Crippen molar-refractivity contribution in [3.8, 4) is 0 Å². The van der Waals surface area contributed by atoms with E-state index < -0.39 is 0 Å². The average Bonchev–Trinajstić information content (AvgIpc) is 2.48. The zero-order valence-electron chi connectivity index (χ0n) is 14.4. The number of hydrogen-bond acceptors (Lipinski definition) is 2. The first-order valence-electron chi connectivity index (χ1n) is 9.15. The van der Waals surface area contributed by atoms with Crippen molar-refractivity contribution < 1.29 is 9.53 Å². The van der Waals surface area contributed by atoms with E-state index in [-0.39, 0.29) is 5.97 Å². The van der Waals surface area contributed by atoms with Crippen molar-refractivity contribution in [2.75, 3.05) is 0 Å². The van der Waals surface area contributed by atoms with Crippen LogP contribution in [0, 0.1) is 0 Å². The number of ether oxygens (including phenoxy) is 1. The molecule has 0 bridgehead atoms. The van der Waals surface area contributed by atoms with E-state index in [0.29, 0.717) is 6.42 Å². The number of carbonyl (C=O) groups is 1. The zero-order valence-corrected chi connectivity index (χ0v) is 14.4. The van der Waals surface area contributed by atoms with Gasteiger partial charge in [0, 0.05) is 6.42 Å². The molecule has 0 saturated heterocycles. The lowest BCUT2D eigenvalue weighted by molar-refractivity contribution is -0.138. The van der Waals surface area contributed by atoms with E-state index in [4.69, 9.17) is 4.74 Å². The van der Waals surface area contributed by atoms with Crippen LogP contribution in [0.4, 0.5) is 0 Å². The maximum Gasteiger partial charge on any atom is 0.310 e. The van der Waals surface area contributed by atoms with E-state index in [1.807, 2.05) is 13.0 Å². The molecule has 0 aromatic heterocycles. The van der Waals surface area contributed by atoms with Gasteiger partial charge in [0.25, 0.3) is 0 Å². The second-order valence-corrected chi connectivity index (χ2v) is 5.94. The molecule has 0 aromatic rings. The van der Waals surface area contributed by atoms with Crippen molar-refractivity contribution in [3.05, 3.63) is 12.3 Å². The minimum Gasteiger partial charge on any atom is -0.435 e. The molecule has 0 aliphatic rings. The third kappa shape index (κ3) is 17.2. The number of hydrogen-bond donors (Lipinski definition) is 0. The van der Waals surface area contributed by atoms with E-state index >= 15 is 0 Å². The monoisotopic (exact) mass is 296 g/mol. The van der Waals surface area contributed by atoms with Gasteiger partial charge in [-0.1, -0.05) is 78.1 Å². The summed E-state index contributed by atoms with van der Waals surface area (Å²) >= 11 is 0. The molecule has 0 amide bonds. The third-order valence-corrected chi connectivity index (χ3v) is 3.72. The van der Waals surface area contributed by atoms with Crippen LogP contribution in [0.1, 0.15) is 104 Å². The summed E-state index contributed by atoms with van der Waals surface area (Å²) in [4.78, 5) is 11.1. The fourth-order valence-electron chi connectivity index (χ4n) is 2.38. The number of rotatable bonds is 15. The SMILES string of the molecule is CCCCCCCCCCCCCC=COC(=O)CCC. The lowest BCUT2D eigenvalue weighted by Gasteiger charge is -2.01. The van der Waals surface area contributed by atoms with Crippen LogP contribution >= 0.6 is 0 Å². The first-order chi connectivity index (χ1) is 10.3. The first-order valence-corrected chi connectivity index (χ1v) is 9.15. The van der Waals surface area contributed by atoms with Crippen LogP contribution < -0.4 is 0 Å². The Kier molecular flexibility index (Phi) is 16.6. The molecule has 0 atom stereocenters. The summed E-state index contributed by atoms with van der Waals surface area (Å²) in [7, 11) is 0. The van der Waals surface area contributed by atoms with Gasteiger partial charge in [0.05, 0.1) is 6.26 Å². The summed E-state index contributed by atoms with van der Waals surface area (Å²) in [6.07, 6.45) is 21.0. The summed E-state index contributed by atoms with van der Waals surface area (Å²) in [5.41, 5.74) is 0. The van der Waals surface area contributed by atoms with E-state index in [9.17, 15) is 4.79 Å². The molecule has 0 aromatic carbocycles. The predicted molar refractivity (Wildman–Crippen MR) is 91.2 cm³/mol. The molecule has 0 unspecified atom stereocenters. The standard InChI is InChI=1S/C19H36O2/c1-3-5-6-7-8-9-10-11-12-13-14-15-16-18-21-19(20)17-4-2/h16,18H,3-15,17H2,1-2H3. The predicted octanol–water partition coefficient (Wildman–Crippen LogP) is 6.54. The molecule has 124 valence electrons. The molecule has 0 radical (unpaired) electrons. The summed E-state index contributed by atoms with van der Waals surface area (Å²) in [6, 6.07) is 0. The van der Waals surface area contributed by atoms with Crippen molar-refractivity contribution in [2.45, 2.75) is 104 Å². The van der Waals surface area contributed by atoms with Crippen LogP contribution in [0.2, 0.25) is 0 Å². The normalized spacial score (nSPS) is 11.1. The fourth-order valence-corrected chi connectivity index (χ4v) is 2.38. The molecule has 0 rings (SSSR count). The topological polar surface area (TPSA) is 26.3 Å². The molecular formula is C19H36O2. The molecule has 0 fully saturated rings. The highest BCUT2D eigenvalue weighted by Gasteiger charge is 1.96. The summed E-state index contributed by atoms with van der Waals surface area (Å²) in [6.45, 7) is 4.25. The van der Waals surface area contributed by atoms with Crippen molar-refractivity contribution in [2.24, 2.45) is 0 Å². The quantitative estimate of drug-likeness (QED) is 0.195. The van der Waals surface area contributed by atoms with Crippen LogP contribution in [0.15, 0.2) is 12.3 Å². The number of esters is 1. The van der Waals surface area contributed by atoms with Gasteiger partial charge in [0.2, 0.25) is 0 Å². The Bertz CT molecular complexity index is 246. The van der Waals surface area contributed by atoms with Crippen molar-refractivity contribution in [3.63, 3.8) is 0 Å². The molecule has 0 heterocycles. The number of unbranched alkanes of at least 4 members (excludes halogenated alkanes) is 11. The van der Waals surface area contributed by atoms with Crippen molar-refractivity contribution in [1.82, 2.24) is 0 Å². The van der Waals surface area contributed by atoms with Gasteiger partial charge >= 0.3 is 5.97 Å². The smallest absolute Gasteiger partial charge is 0.310 e. The van der Waals surface area contributed by atoms with E-state index in [0.717, 1.165) is 12.8 Å². The van der Waals surface area contributed by atoms with Gasteiger partial charge in [-0.2, -0.15) is 0 Å². The highest BCUT2D eigenvalue weighted by Crippen LogP contribution is 2.12. The fraction of sp³-hybridized carbons (Fsp3) is 0.842. The van der Waals surface area contributed by atoms with Gasteiger partial charge in [-0.15, -0.1) is 0 Å². The van der Waals surface area contributed by atoms with Crippen LogP contribution in [-0.4, -0.2) is 5.97 Å². The largest absolute Gasteiger partial charge is 0.435 e. The second kappa shape index (κ2) is 17.3. The van der Waals surface area contributed by atoms with Crippen molar-refractivity contribution >= 4 is 5.97 Å². The summed E-state index contributed by atoms with van der Waals surface area (Å²) in [5, 5.41) is 0. The van der Waals surface area contributed by atoms with E-state index in [1.165, 1.54) is 70.6 Å². The Hall–Kier alpha value is -0.790. The van der Waals surface area contributed by atoms with Crippen LogP contribution in [0.25, 0.3) is 0 Å². The van der Waals surface area contributed by atoms with Gasteiger partial charge in [0.1, 0.15) is 0 Å². The van der Waals surface area contributed by atoms with Crippen LogP contribution in [0.5, 0.6) is 0 Å². The molecule has 2 heteroatoms. The molecule has 0 spiro atoms. The first kappa shape index (κ1) is 20.2. The zero-order chi connectivity index (χ0) is 15.6. The molecule has 0 aliphatic heterocycles. The minimum absolute atomic E-state index is 0.118. The molecule has 21 heavy (non-hydrogen) atoms. The summed E-state index contributed by atoms with van der Waals surface area (Å²) < 4.78 is 4.96. The highest BCUT2D eigenvalue weighted by atomic mass is 16.5. The van der Waals surface area contributed by atoms with Gasteiger partial charge in [-0.05, 0) is 25.3 Å². The lowest BCUT2D eigenvalue weighted by Crippen LogP contribution is -1.97. The second-order valence-electron chi connectivity index (χ2n) is 5.94. The van der Waals surface area contributed by atoms with Crippen LogP contribution in [0.3, 0.4) is 0 Å². The maximum absolute atomic E-state index is 11.1. The molecule has 0 saturated carbocycles.